The van der Waals surface area contributed by atoms with Gasteiger partial charge in [-0.05, 0) is 25.9 Å². The predicted molar refractivity (Wildman–Crippen MR) is 95.0 cm³/mol. The molecule has 1 fully saturated rings. The van der Waals surface area contributed by atoms with Crippen molar-refractivity contribution in [1.29, 1.82) is 0 Å². The fraction of sp³-hybridized carbons (Fsp3) is 0.824. The van der Waals surface area contributed by atoms with Crippen LogP contribution in [0.3, 0.4) is 0 Å². The highest BCUT2D eigenvalue weighted by Crippen LogP contribution is 2.26. The van der Waals surface area contributed by atoms with E-state index in [-0.39, 0.29) is 11.5 Å². The molecule has 2 heterocycles. The average molecular weight is 342 g/mol. The third-order valence-corrected chi connectivity index (χ3v) is 5.60. The molecule has 0 radical (unpaired) electrons. The van der Waals surface area contributed by atoms with E-state index in [1.54, 1.807) is 7.11 Å². The maximum absolute atomic E-state index is 9.80. The summed E-state index contributed by atoms with van der Waals surface area (Å²) in [7, 11) is 1.63. The monoisotopic (exact) mass is 341 g/mol. The molecule has 0 aromatic carbocycles. The Morgan fingerprint density at radius 1 is 1.43 bits per heavy atom. The van der Waals surface area contributed by atoms with Gasteiger partial charge in [0.1, 0.15) is 0 Å². The van der Waals surface area contributed by atoms with Crippen LogP contribution in [0.25, 0.3) is 0 Å². The lowest BCUT2D eigenvalue weighted by Crippen LogP contribution is -2.45. The molecule has 1 unspecified atom stereocenters. The Bertz CT molecular complexity index is 465. The second-order valence-corrected chi connectivity index (χ2v) is 8.56. The number of hydrogen-bond donors (Lipinski definition) is 2. The number of rotatable bonds is 7. The lowest BCUT2D eigenvalue weighted by Gasteiger charge is -2.33. The Morgan fingerprint density at radius 2 is 2.13 bits per heavy atom. The number of hydrogen-bond acceptors (Lipinski definition) is 6. The lowest BCUT2D eigenvalue weighted by molar-refractivity contribution is 0.0310. The summed E-state index contributed by atoms with van der Waals surface area (Å²) in [5, 5.41) is 14.7. The number of ether oxygens (including phenoxy) is 1. The van der Waals surface area contributed by atoms with E-state index in [1.165, 1.54) is 9.88 Å². The largest absolute Gasteiger partial charge is 0.389 e. The molecule has 1 aromatic heterocycles. The Labute approximate surface area is 144 Å². The number of nitrogens with one attached hydrogen (secondary N) is 1. The van der Waals surface area contributed by atoms with Crippen molar-refractivity contribution in [1.82, 2.24) is 15.2 Å². The van der Waals surface area contributed by atoms with Crippen molar-refractivity contribution in [2.45, 2.75) is 57.7 Å². The summed E-state index contributed by atoms with van der Waals surface area (Å²) in [4.78, 5) is 8.18. The number of β-amino-alcohol motifs (C(OH)–C–C–N with tert-alkyl or cyclic N) is 1. The lowest BCUT2D eigenvalue weighted by atomic mass is 9.98. The molecule has 1 saturated heterocycles. The smallest absolute Gasteiger partial charge is 0.0981 e. The molecule has 0 bridgehead atoms. The molecule has 132 valence electrons. The molecule has 1 aromatic rings. The van der Waals surface area contributed by atoms with Crippen molar-refractivity contribution in [2.24, 2.45) is 0 Å². The summed E-state index contributed by atoms with van der Waals surface area (Å²) in [6, 6.07) is 0.561. The quantitative estimate of drug-likeness (QED) is 0.794. The molecule has 6 heteroatoms. The first-order valence-electron chi connectivity index (χ1n) is 8.46. The van der Waals surface area contributed by atoms with E-state index >= 15 is 0 Å². The third kappa shape index (κ3) is 6.12. The third-order valence-electron chi connectivity index (χ3n) is 4.18. The van der Waals surface area contributed by atoms with E-state index in [0.717, 1.165) is 32.5 Å². The first-order valence-corrected chi connectivity index (χ1v) is 9.28. The van der Waals surface area contributed by atoms with E-state index in [9.17, 15) is 5.11 Å². The van der Waals surface area contributed by atoms with Crippen LogP contribution in [-0.2, 0) is 16.7 Å². The van der Waals surface area contributed by atoms with E-state index in [0.29, 0.717) is 19.2 Å². The number of likely N-dealkylation sites (tertiary alicyclic amines) is 1. The van der Waals surface area contributed by atoms with Crippen LogP contribution in [0, 0.1) is 0 Å². The van der Waals surface area contributed by atoms with Gasteiger partial charge in [-0.2, -0.15) is 0 Å². The number of piperidine rings is 1. The van der Waals surface area contributed by atoms with Gasteiger partial charge in [-0.25, -0.2) is 4.98 Å². The second-order valence-electron chi connectivity index (χ2n) is 7.45. The van der Waals surface area contributed by atoms with Gasteiger partial charge in [0.2, 0.25) is 0 Å². The maximum Gasteiger partial charge on any atom is 0.0981 e. The van der Waals surface area contributed by atoms with Crippen molar-refractivity contribution in [3.63, 3.8) is 0 Å². The van der Waals surface area contributed by atoms with Crippen LogP contribution in [0.1, 0.15) is 43.5 Å². The molecule has 1 aliphatic heterocycles. The first-order chi connectivity index (χ1) is 10.9. The SMILES string of the molecule is COCC(O)CN1CCC(NCc2cnc(C(C)(C)C)s2)CC1. The number of aliphatic hydroxyl groups excluding tert-OH is 1. The van der Waals surface area contributed by atoms with Crippen LogP contribution >= 0.6 is 11.3 Å². The van der Waals surface area contributed by atoms with Gasteiger partial charge in [-0.1, -0.05) is 20.8 Å². The Hall–Kier alpha value is -0.530. The highest BCUT2D eigenvalue weighted by Gasteiger charge is 2.22. The molecule has 1 atom stereocenters. The maximum atomic E-state index is 9.80. The molecule has 1 aliphatic rings. The van der Waals surface area contributed by atoms with Crippen LogP contribution < -0.4 is 5.32 Å². The minimum atomic E-state index is -0.377. The van der Waals surface area contributed by atoms with Gasteiger partial charge in [0, 0.05) is 42.7 Å². The summed E-state index contributed by atoms with van der Waals surface area (Å²) in [6.07, 6.45) is 3.89. The zero-order valence-corrected chi connectivity index (χ0v) is 15.7. The summed E-state index contributed by atoms with van der Waals surface area (Å²) in [5.41, 5.74) is 0.136. The summed E-state index contributed by atoms with van der Waals surface area (Å²) in [5.74, 6) is 0. The van der Waals surface area contributed by atoms with Crippen molar-refractivity contribution < 1.29 is 9.84 Å². The number of thiazole rings is 1. The molecule has 0 saturated carbocycles. The Morgan fingerprint density at radius 3 is 2.70 bits per heavy atom. The Balaban J connectivity index is 1.69. The normalized spacial score (nSPS) is 19.2. The summed E-state index contributed by atoms with van der Waals surface area (Å²) >= 11 is 1.81. The van der Waals surface area contributed by atoms with E-state index in [1.807, 2.05) is 17.5 Å². The average Bonchev–Trinajstić information content (AvgIpc) is 2.96. The molecule has 0 aliphatic carbocycles. The molecule has 5 nitrogen and oxygen atoms in total. The van der Waals surface area contributed by atoms with Crippen LogP contribution in [0.4, 0.5) is 0 Å². The fourth-order valence-electron chi connectivity index (χ4n) is 2.84. The number of nitrogens with zero attached hydrogens (tertiary/aromatic N) is 2. The standard InChI is InChI=1S/C17H31N3O2S/c1-17(2,3)16-19-10-15(23-16)9-18-13-5-7-20(8-6-13)11-14(21)12-22-4/h10,13-14,18,21H,5-9,11-12H2,1-4H3. The number of aliphatic hydroxyl groups is 1. The topological polar surface area (TPSA) is 57.6 Å². The van der Waals surface area contributed by atoms with E-state index in [2.05, 4.69) is 36.0 Å². The Kier molecular flexibility index (Phi) is 6.98. The van der Waals surface area contributed by atoms with Gasteiger partial charge < -0.3 is 20.1 Å². The van der Waals surface area contributed by atoms with Gasteiger partial charge in [-0.3, -0.25) is 0 Å². The zero-order chi connectivity index (χ0) is 16.9. The zero-order valence-electron chi connectivity index (χ0n) is 14.8. The molecule has 2 rings (SSSR count). The highest BCUT2D eigenvalue weighted by atomic mass is 32.1. The van der Waals surface area contributed by atoms with Gasteiger partial charge >= 0.3 is 0 Å². The van der Waals surface area contributed by atoms with Crippen molar-refractivity contribution in [3.8, 4) is 0 Å². The molecule has 2 N–H and O–H groups in total. The summed E-state index contributed by atoms with van der Waals surface area (Å²) < 4.78 is 4.99. The molecular formula is C17H31N3O2S. The minimum absolute atomic E-state index is 0.136. The van der Waals surface area contributed by atoms with Crippen LogP contribution in [0.15, 0.2) is 6.20 Å². The molecule has 0 spiro atoms. The fourth-order valence-corrected chi connectivity index (χ4v) is 3.76. The van der Waals surface area contributed by atoms with Crippen LogP contribution in [0.2, 0.25) is 0 Å². The molecule has 0 amide bonds. The minimum Gasteiger partial charge on any atom is -0.389 e. The van der Waals surface area contributed by atoms with Crippen LogP contribution in [-0.4, -0.2) is 60.5 Å². The number of methoxy groups -OCH3 is 1. The summed E-state index contributed by atoms with van der Waals surface area (Å²) in [6.45, 7) is 10.7. The predicted octanol–water partition coefficient (Wildman–Crippen LogP) is 2.00. The number of aromatic nitrogens is 1. The second kappa shape index (κ2) is 8.53. The van der Waals surface area contributed by atoms with Crippen molar-refractivity contribution in [3.05, 3.63) is 16.1 Å². The molecular weight excluding hydrogens is 310 g/mol. The van der Waals surface area contributed by atoms with E-state index < -0.39 is 0 Å². The van der Waals surface area contributed by atoms with Crippen LogP contribution in [0.5, 0.6) is 0 Å². The van der Waals surface area contributed by atoms with Gasteiger partial charge in [-0.15, -0.1) is 11.3 Å². The highest BCUT2D eigenvalue weighted by molar-refractivity contribution is 7.11. The van der Waals surface area contributed by atoms with Crippen molar-refractivity contribution >= 4 is 11.3 Å². The first kappa shape index (κ1) is 18.8. The van der Waals surface area contributed by atoms with Gasteiger partial charge in [0.25, 0.3) is 0 Å². The molecule has 23 heavy (non-hydrogen) atoms. The van der Waals surface area contributed by atoms with Gasteiger partial charge in [0.05, 0.1) is 17.7 Å². The van der Waals surface area contributed by atoms with E-state index in [4.69, 9.17) is 4.74 Å². The van der Waals surface area contributed by atoms with Crippen molar-refractivity contribution in [2.75, 3.05) is 33.4 Å². The van der Waals surface area contributed by atoms with Gasteiger partial charge in [0.15, 0.2) is 0 Å².